The SMILES string of the molecule is Cc1ccc(N(C)Cc2cnc(Cl)s2)c(C)c1. The Morgan fingerprint density at radius 3 is 2.71 bits per heavy atom. The number of nitrogens with zero attached hydrogens (tertiary/aromatic N) is 2. The number of thiazole rings is 1. The molecule has 0 aliphatic carbocycles. The molecule has 0 saturated carbocycles. The summed E-state index contributed by atoms with van der Waals surface area (Å²) >= 11 is 7.36. The third kappa shape index (κ3) is 2.99. The fourth-order valence-electron chi connectivity index (χ4n) is 1.91. The zero-order valence-corrected chi connectivity index (χ0v) is 11.8. The summed E-state index contributed by atoms with van der Waals surface area (Å²) in [7, 11) is 2.09. The molecule has 2 nitrogen and oxygen atoms in total. The average molecular weight is 267 g/mol. The molecule has 0 radical (unpaired) electrons. The van der Waals surface area contributed by atoms with Crippen molar-refractivity contribution in [3.05, 3.63) is 44.9 Å². The van der Waals surface area contributed by atoms with Crippen molar-refractivity contribution in [2.24, 2.45) is 0 Å². The first-order valence-electron chi connectivity index (χ1n) is 5.45. The summed E-state index contributed by atoms with van der Waals surface area (Å²) in [4.78, 5) is 7.46. The summed E-state index contributed by atoms with van der Waals surface area (Å²) in [5, 5.41) is 0. The molecule has 0 amide bonds. The summed E-state index contributed by atoms with van der Waals surface area (Å²) in [5.41, 5.74) is 3.84. The number of hydrogen-bond donors (Lipinski definition) is 0. The van der Waals surface area contributed by atoms with E-state index < -0.39 is 0 Å². The first-order chi connectivity index (χ1) is 8.06. The molecule has 2 aromatic rings. The lowest BCUT2D eigenvalue weighted by Gasteiger charge is -2.20. The van der Waals surface area contributed by atoms with E-state index in [1.807, 2.05) is 6.20 Å². The normalized spacial score (nSPS) is 10.6. The van der Waals surface area contributed by atoms with Crippen molar-refractivity contribution in [2.75, 3.05) is 11.9 Å². The van der Waals surface area contributed by atoms with Crippen LogP contribution in [0.3, 0.4) is 0 Å². The molecule has 0 saturated heterocycles. The van der Waals surface area contributed by atoms with E-state index in [2.05, 4.69) is 49.0 Å². The fraction of sp³-hybridized carbons (Fsp3) is 0.308. The van der Waals surface area contributed by atoms with Crippen LogP contribution in [0.5, 0.6) is 0 Å². The van der Waals surface area contributed by atoms with Gasteiger partial charge in [-0.3, -0.25) is 0 Å². The number of aryl methyl sites for hydroxylation is 2. The van der Waals surface area contributed by atoms with Crippen LogP contribution in [0.2, 0.25) is 4.47 Å². The topological polar surface area (TPSA) is 16.1 Å². The lowest BCUT2D eigenvalue weighted by atomic mass is 10.1. The molecule has 1 aromatic carbocycles. The van der Waals surface area contributed by atoms with E-state index in [1.165, 1.54) is 33.0 Å². The molecule has 1 heterocycles. The maximum Gasteiger partial charge on any atom is 0.183 e. The van der Waals surface area contributed by atoms with Gasteiger partial charge in [0.25, 0.3) is 0 Å². The van der Waals surface area contributed by atoms with Crippen molar-refractivity contribution in [1.29, 1.82) is 0 Å². The molecule has 0 aliphatic rings. The number of rotatable bonds is 3. The molecule has 0 spiro atoms. The molecule has 0 aliphatic heterocycles. The monoisotopic (exact) mass is 266 g/mol. The minimum Gasteiger partial charge on any atom is -0.369 e. The van der Waals surface area contributed by atoms with E-state index in [1.54, 1.807) is 0 Å². The van der Waals surface area contributed by atoms with E-state index in [0.717, 1.165) is 6.54 Å². The van der Waals surface area contributed by atoms with Gasteiger partial charge in [0.05, 0.1) is 6.54 Å². The number of benzene rings is 1. The molecule has 0 unspecified atom stereocenters. The molecule has 4 heteroatoms. The smallest absolute Gasteiger partial charge is 0.183 e. The Balaban J connectivity index is 2.17. The second kappa shape index (κ2) is 5.07. The molecule has 2 rings (SSSR count). The molecule has 1 aromatic heterocycles. The first-order valence-corrected chi connectivity index (χ1v) is 6.64. The molecule has 0 fully saturated rings. The van der Waals surface area contributed by atoms with Crippen molar-refractivity contribution >= 4 is 28.6 Å². The Hall–Kier alpha value is -1.06. The van der Waals surface area contributed by atoms with Crippen molar-refractivity contribution in [1.82, 2.24) is 4.98 Å². The summed E-state index contributed by atoms with van der Waals surface area (Å²) in [6.07, 6.45) is 1.84. The van der Waals surface area contributed by atoms with E-state index >= 15 is 0 Å². The number of hydrogen-bond acceptors (Lipinski definition) is 3. The second-order valence-corrected chi connectivity index (χ2v) is 5.92. The van der Waals surface area contributed by atoms with Gasteiger partial charge in [-0.15, -0.1) is 11.3 Å². The van der Waals surface area contributed by atoms with E-state index in [-0.39, 0.29) is 0 Å². The maximum absolute atomic E-state index is 5.83. The molecule has 0 bridgehead atoms. The van der Waals surface area contributed by atoms with Crippen LogP contribution in [0.15, 0.2) is 24.4 Å². The first kappa shape index (κ1) is 12.4. The summed E-state index contributed by atoms with van der Waals surface area (Å²) in [6, 6.07) is 6.50. The highest BCUT2D eigenvalue weighted by molar-refractivity contribution is 7.15. The highest BCUT2D eigenvalue weighted by Crippen LogP contribution is 2.24. The molecular weight excluding hydrogens is 252 g/mol. The lowest BCUT2D eigenvalue weighted by Crippen LogP contribution is -2.16. The largest absolute Gasteiger partial charge is 0.369 e. The standard InChI is InChI=1S/C13H15ClN2S/c1-9-4-5-12(10(2)6-9)16(3)8-11-7-15-13(14)17-11/h4-7H,8H2,1-3H3. The van der Waals surface area contributed by atoms with E-state index in [9.17, 15) is 0 Å². The van der Waals surface area contributed by atoms with Gasteiger partial charge in [0.15, 0.2) is 4.47 Å². The lowest BCUT2D eigenvalue weighted by molar-refractivity contribution is 0.930. The van der Waals surface area contributed by atoms with Gasteiger partial charge in [-0.25, -0.2) is 4.98 Å². The molecule has 90 valence electrons. The van der Waals surface area contributed by atoms with Crippen LogP contribution in [-0.2, 0) is 6.54 Å². The third-order valence-corrected chi connectivity index (χ3v) is 3.78. The van der Waals surface area contributed by atoms with Gasteiger partial charge in [0.1, 0.15) is 0 Å². The van der Waals surface area contributed by atoms with Crippen LogP contribution in [0.4, 0.5) is 5.69 Å². The highest BCUT2D eigenvalue weighted by atomic mass is 35.5. The Morgan fingerprint density at radius 1 is 1.35 bits per heavy atom. The van der Waals surface area contributed by atoms with Gasteiger partial charge in [-0.2, -0.15) is 0 Å². The maximum atomic E-state index is 5.83. The van der Waals surface area contributed by atoms with Gasteiger partial charge in [0.2, 0.25) is 0 Å². The van der Waals surface area contributed by atoms with Crippen LogP contribution in [0, 0.1) is 13.8 Å². The number of halogens is 1. The highest BCUT2D eigenvalue weighted by Gasteiger charge is 2.07. The minimum atomic E-state index is 0.606. The van der Waals surface area contributed by atoms with Crippen LogP contribution < -0.4 is 4.90 Å². The molecule has 17 heavy (non-hydrogen) atoms. The zero-order valence-electron chi connectivity index (χ0n) is 10.2. The van der Waals surface area contributed by atoms with Crippen LogP contribution in [0.25, 0.3) is 0 Å². The summed E-state index contributed by atoms with van der Waals surface area (Å²) in [5.74, 6) is 0. The molecule has 0 atom stereocenters. The quantitative estimate of drug-likeness (QED) is 0.833. The van der Waals surface area contributed by atoms with Crippen LogP contribution >= 0.6 is 22.9 Å². The summed E-state index contributed by atoms with van der Waals surface area (Å²) < 4.78 is 0.606. The Labute approximate surface area is 111 Å². The summed E-state index contributed by atoms with van der Waals surface area (Å²) in [6.45, 7) is 5.09. The van der Waals surface area contributed by atoms with E-state index in [4.69, 9.17) is 11.6 Å². The number of anilines is 1. The van der Waals surface area contributed by atoms with Crippen molar-refractivity contribution in [3.63, 3.8) is 0 Å². The Bertz CT molecular complexity index is 522. The van der Waals surface area contributed by atoms with Gasteiger partial charge in [-0.05, 0) is 25.5 Å². The van der Waals surface area contributed by atoms with Crippen molar-refractivity contribution in [2.45, 2.75) is 20.4 Å². The van der Waals surface area contributed by atoms with Crippen molar-refractivity contribution < 1.29 is 0 Å². The predicted octanol–water partition coefficient (Wildman–Crippen LogP) is 4.05. The van der Waals surface area contributed by atoms with Gasteiger partial charge < -0.3 is 4.90 Å². The van der Waals surface area contributed by atoms with Gasteiger partial charge in [0, 0.05) is 23.8 Å². The Kier molecular flexibility index (Phi) is 3.69. The predicted molar refractivity (Wildman–Crippen MR) is 75.1 cm³/mol. The van der Waals surface area contributed by atoms with Crippen LogP contribution in [0.1, 0.15) is 16.0 Å². The molecule has 0 N–H and O–H groups in total. The zero-order chi connectivity index (χ0) is 12.4. The molecular formula is C13H15ClN2S. The van der Waals surface area contributed by atoms with E-state index in [0.29, 0.717) is 4.47 Å². The third-order valence-electron chi connectivity index (χ3n) is 2.68. The van der Waals surface area contributed by atoms with Gasteiger partial charge >= 0.3 is 0 Å². The average Bonchev–Trinajstić information content (AvgIpc) is 2.63. The van der Waals surface area contributed by atoms with Crippen LogP contribution in [-0.4, -0.2) is 12.0 Å². The Morgan fingerprint density at radius 2 is 2.12 bits per heavy atom. The second-order valence-electron chi connectivity index (χ2n) is 4.23. The van der Waals surface area contributed by atoms with Crippen molar-refractivity contribution in [3.8, 4) is 0 Å². The fourth-order valence-corrected chi connectivity index (χ4v) is 2.94. The minimum absolute atomic E-state index is 0.606. The van der Waals surface area contributed by atoms with Gasteiger partial charge in [-0.1, -0.05) is 29.3 Å². The number of aromatic nitrogens is 1.